The molecule has 4 heteroatoms. The quantitative estimate of drug-likeness (QED) is 0.811. The fourth-order valence-corrected chi connectivity index (χ4v) is 2.35. The zero-order chi connectivity index (χ0) is 14.4. The van der Waals surface area contributed by atoms with Gasteiger partial charge in [0.05, 0.1) is 5.56 Å². The van der Waals surface area contributed by atoms with E-state index in [-0.39, 0.29) is 11.5 Å². The van der Waals surface area contributed by atoms with Crippen molar-refractivity contribution in [2.75, 3.05) is 0 Å². The average molecular weight is 273 g/mol. The Labute approximate surface area is 118 Å². The summed E-state index contributed by atoms with van der Waals surface area (Å²) in [6, 6.07) is 6.63. The number of nitrogens with one attached hydrogen (secondary N) is 1. The Bertz CT molecular complexity index is 534. The van der Waals surface area contributed by atoms with Crippen LogP contribution in [-0.2, 0) is 11.3 Å². The molecular formula is C16H19NO3. The zero-order valence-corrected chi connectivity index (χ0v) is 11.4. The van der Waals surface area contributed by atoms with Crippen LogP contribution < -0.4 is 5.32 Å². The summed E-state index contributed by atoms with van der Waals surface area (Å²) in [5.41, 5.74) is 2.26. The molecule has 2 N–H and O–H groups in total. The molecule has 0 spiro atoms. The first-order valence-electron chi connectivity index (χ1n) is 6.92. The van der Waals surface area contributed by atoms with Crippen molar-refractivity contribution in [3.8, 4) is 0 Å². The zero-order valence-electron chi connectivity index (χ0n) is 11.4. The molecule has 4 nitrogen and oxygen atoms in total. The van der Waals surface area contributed by atoms with E-state index in [0.29, 0.717) is 13.0 Å². The van der Waals surface area contributed by atoms with Gasteiger partial charge in [0.2, 0.25) is 5.91 Å². The van der Waals surface area contributed by atoms with Crippen LogP contribution in [0.25, 0.3) is 0 Å². The molecule has 0 heterocycles. The Kier molecular flexibility index (Phi) is 4.93. The molecule has 0 saturated heterocycles. The number of hydrogen-bond donors (Lipinski definition) is 2. The highest BCUT2D eigenvalue weighted by Crippen LogP contribution is 2.19. The van der Waals surface area contributed by atoms with E-state index in [4.69, 9.17) is 5.11 Å². The van der Waals surface area contributed by atoms with Crippen LogP contribution >= 0.6 is 0 Å². The van der Waals surface area contributed by atoms with Gasteiger partial charge in [-0.3, -0.25) is 4.79 Å². The Morgan fingerprint density at radius 2 is 2.10 bits per heavy atom. The lowest BCUT2D eigenvalue weighted by molar-refractivity contribution is -0.120. The smallest absolute Gasteiger partial charge is 0.335 e. The third-order valence-corrected chi connectivity index (χ3v) is 3.44. The van der Waals surface area contributed by atoms with Crippen molar-refractivity contribution < 1.29 is 14.7 Å². The fourth-order valence-electron chi connectivity index (χ4n) is 2.35. The maximum atomic E-state index is 11.8. The lowest BCUT2D eigenvalue weighted by Crippen LogP contribution is -2.23. The summed E-state index contributed by atoms with van der Waals surface area (Å²) in [5, 5.41) is 11.7. The minimum absolute atomic E-state index is 0.00104. The number of benzene rings is 1. The second kappa shape index (κ2) is 6.89. The number of amides is 1. The van der Waals surface area contributed by atoms with E-state index < -0.39 is 5.97 Å². The van der Waals surface area contributed by atoms with Crippen molar-refractivity contribution in [2.45, 2.75) is 38.6 Å². The molecule has 2 rings (SSSR count). The molecule has 1 aliphatic rings. The van der Waals surface area contributed by atoms with Crippen LogP contribution in [0.3, 0.4) is 0 Å². The number of carboxylic acid groups (broad SMARTS) is 1. The molecule has 0 atom stereocenters. The standard InChI is InChI=1S/C16H19NO3/c18-15(10-12-5-2-1-3-6-12)17-11-13-7-4-8-14(9-13)16(19)20/h4-5,7-9H,1-3,6,10-11H2,(H,17,18)(H,19,20). The van der Waals surface area contributed by atoms with Crippen molar-refractivity contribution in [3.05, 3.63) is 47.0 Å². The second-order valence-electron chi connectivity index (χ2n) is 5.07. The molecule has 106 valence electrons. The fraction of sp³-hybridized carbons (Fsp3) is 0.375. The van der Waals surface area contributed by atoms with E-state index in [1.54, 1.807) is 18.2 Å². The number of carbonyl (C=O) groups is 2. The molecular weight excluding hydrogens is 254 g/mol. The van der Waals surface area contributed by atoms with Gasteiger partial charge in [-0.05, 0) is 43.4 Å². The maximum absolute atomic E-state index is 11.8. The molecule has 20 heavy (non-hydrogen) atoms. The third kappa shape index (κ3) is 4.23. The molecule has 1 aromatic carbocycles. The van der Waals surface area contributed by atoms with E-state index in [0.717, 1.165) is 18.4 Å². The summed E-state index contributed by atoms with van der Waals surface area (Å²) in [6.07, 6.45) is 7.09. The highest BCUT2D eigenvalue weighted by atomic mass is 16.4. The Hall–Kier alpha value is -2.10. The molecule has 0 saturated carbocycles. The van der Waals surface area contributed by atoms with Gasteiger partial charge in [0.15, 0.2) is 0 Å². The number of carboxylic acids is 1. The van der Waals surface area contributed by atoms with E-state index in [9.17, 15) is 9.59 Å². The normalized spacial score (nSPS) is 14.5. The summed E-state index contributed by atoms with van der Waals surface area (Å²) in [7, 11) is 0. The second-order valence-corrected chi connectivity index (χ2v) is 5.07. The third-order valence-electron chi connectivity index (χ3n) is 3.44. The Morgan fingerprint density at radius 3 is 2.80 bits per heavy atom. The van der Waals surface area contributed by atoms with Crippen molar-refractivity contribution in [2.24, 2.45) is 0 Å². The summed E-state index contributed by atoms with van der Waals surface area (Å²) < 4.78 is 0. The predicted molar refractivity (Wildman–Crippen MR) is 76.4 cm³/mol. The molecule has 0 aliphatic heterocycles. The molecule has 0 unspecified atom stereocenters. The van der Waals surface area contributed by atoms with Gasteiger partial charge < -0.3 is 10.4 Å². The largest absolute Gasteiger partial charge is 0.478 e. The SMILES string of the molecule is O=C(CC1=CCCCC1)NCc1cccc(C(=O)O)c1. The van der Waals surface area contributed by atoms with Crippen LogP contribution in [-0.4, -0.2) is 17.0 Å². The van der Waals surface area contributed by atoms with Gasteiger partial charge in [0.25, 0.3) is 0 Å². The van der Waals surface area contributed by atoms with Crippen LogP contribution in [0.4, 0.5) is 0 Å². The van der Waals surface area contributed by atoms with E-state index in [2.05, 4.69) is 11.4 Å². The summed E-state index contributed by atoms with van der Waals surface area (Å²) in [4.78, 5) is 22.7. The van der Waals surface area contributed by atoms with Crippen molar-refractivity contribution in [1.82, 2.24) is 5.32 Å². The minimum atomic E-state index is -0.953. The van der Waals surface area contributed by atoms with Crippen LogP contribution in [0.15, 0.2) is 35.9 Å². The average Bonchev–Trinajstić information content (AvgIpc) is 2.46. The number of hydrogen-bond acceptors (Lipinski definition) is 2. The van der Waals surface area contributed by atoms with Crippen LogP contribution in [0.5, 0.6) is 0 Å². The van der Waals surface area contributed by atoms with Crippen molar-refractivity contribution >= 4 is 11.9 Å². The lowest BCUT2D eigenvalue weighted by Gasteiger charge is -2.12. The molecule has 0 bridgehead atoms. The van der Waals surface area contributed by atoms with Crippen molar-refractivity contribution in [3.63, 3.8) is 0 Å². The maximum Gasteiger partial charge on any atom is 0.335 e. The van der Waals surface area contributed by atoms with Crippen LogP contribution in [0.1, 0.15) is 48.0 Å². The van der Waals surface area contributed by atoms with Gasteiger partial charge >= 0.3 is 5.97 Å². The number of rotatable bonds is 5. The van der Waals surface area contributed by atoms with Crippen LogP contribution in [0.2, 0.25) is 0 Å². The summed E-state index contributed by atoms with van der Waals surface area (Å²) in [5.74, 6) is -0.954. The molecule has 1 aromatic rings. The molecule has 1 aliphatic carbocycles. The first-order valence-corrected chi connectivity index (χ1v) is 6.92. The topological polar surface area (TPSA) is 66.4 Å². The molecule has 0 fully saturated rings. The number of carbonyl (C=O) groups excluding carboxylic acids is 1. The predicted octanol–water partition coefficient (Wildman–Crippen LogP) is 2.89. The molecule has 1 amide bonds. The number of aromatic carboxylic acids is 1. The minimum Gasteiger partial charge on any atom is -0.478 e. The summed E-state index contributed by atoms with van der Waals surface area (Å²) in [6.45, 7) is 0.368. The van der Waals surface area contributed by atoms with E-state index in [1.807, 2.05) is 6.07 Å². The highest BCUT2D eigenvalue weighted by Gasteiger charge is 2.09. The first-order chi connectivity index (χ1) is 9.65. The lowest BCUT2D eigenvalue weighted by atomic mass is 9.97. The monoisotopic (exact) mass is 273 g/mol. The Morgan fingerprint density at radius 1 is 1.25 bits per heavy atom. The van der Waals surface area contributed by atoms with Crippen LogP contribution in [0, 0.1) is 0 Å². The molecule has 0 aromatic heterocycles. The van der Waals surface area contributed by atoms with Gasteiger partial charge in [-0.1, -0.05) is 23.8 Å². The number of allylic oxidation sites excluding steroid dienone is 1. The van der Waals surface area contributed by atoms with Gasteiger partial charge in [0, 0.05) is 13.0 Å². The van der Waals surface area contributed by atoms with Gasteiger partial charge in [-0.15, -0.1) is 0 Å². The van der Waals surface area contributed by atoms with Gasteiger partial charge in [0.1, 0.15) is 0 Å². The highest BCUT2D eigenvalue weighted by molar-refractivity contribution is 5.87. The van der Waals surface area contributed by atoms with Gasteiger partial charge in [-0.25, -0.2) is 4.79 Å². The first kappa shape index (κ1) is 14.3. The van der Waals surface area contributed by atoms with Gasteiger partial charge in [-0.2, -0.15) is 0 Å². The molecule has 0 radical (unpaired) electrons. The Balaban J connectivity index is 1.85. The van der Waals surface area contributed by atoms with E-state index >= 15 is 0 Å². The summed E-state index contributed by atoms with van der Waals surface area (Å²) >= 11 is 0. The van der Waals surface area contributed by atoms with Crippen molar-refractivity contribution in [1.29, 1.82) is 0 Å². The van der Waals surface area contributed by atoms with E-state index in [1.165, 1.54) is 18.4 Å².